The molecule has 42 heavy (non-hydrogen) atoms. The molecule has 0 saturated heterocycles. The average molecular weight is 661 g/mol. The Kier molecular flexibility index (Phi) is 35.5. The largest absolute Gasteiger partial charge is 4.00 e. The van der Waals surface area contributed by atoms with E-state index in [1.807, 2.05) is 27.7 Å². The van der Waals surface area contributed by atoms with E-state index in [0.29, 0.717) is 23.7 Å². The van der Waals surface area contributed by atoms with Crippen LogP contribution in [0.1, 0.15) is 143 Å². The summed E-state index contributed by atoms with van der Waals surface area (Å²) in [6.07, 6.45) is 0. The molecule has 2 aromatic rings. The van der Waals surface area contributed by atoms with Crippen molar-refractivity contribution < 1.29 is 26.2 Å². The van der Waals surface area contributed by atoms with Crippen molar-refractivity contribution in [1.82, 2.24) is 5.32 Å². The van der Waals surface area contributed by atoms with Crippen LogP contribution in [0, 0.1) is 0 Å². The van der Waals surface area contributed by atoms with E-state index in [1.165, 1.54) is 0 Å². The summed E-state index contributed by atoms with van der Waals surface area (Å²) in [5, 5.41) is 11.1. The third-order valence-electron chi connectivity index (χ3n) is 6.14. The Bertz CT molecular complexity index is 716. The van der Waals surface area contributed by atoms with E-state index in [9.17, 15) is 0 Å². The minimum Gasteiger partial charge on any atom is -0.698 e. The van der Waals surface area contributed by atoms with Gasteiger partial charge in [-0.05, 0) is 36.8 Å². The molecule has 5 nitrogen and oxygen atoms in total. The van der Waals surface area contributed by atoms with Crippen molar-refractivity contribution >= 4 is 11.4 Å². The minimum absolute atomic E-state index is 0. The van der Waals surface area contributed by atoms with E-state index in [1.54, 1.807) is 0 Å². The zero-order valence-corrected chi connectivity index (χ0v) is 32.4. The maximum atomic E-state index is 8.01. The summed E-state index contributed by atoms with van der Waals surface area (Å²) in [6, 6.07) is 12.3. The molecule has 0 saturated carbocycles. The molecule has 240 valence electrons. The summed E-state index contributed by atoms with van der Waals surface area (Å²) in [5.74, 6) is 1.80. The van der Waals surface area contributed by atoms with Crippen molar-refractivity contribution in [2.24, 2.45) is 0 Å². The van der Waals surface area contributed by atoms with Crippen molar-refractivity contribution in [2.45, 2.75) is 121 Å². The van der Waals surface area contributed by atoms with Gasteiger partial charge in [-0.25, -0.2) is 0 Å². The van der Waals surface area contributed by atoms with Gasteiger partial charge < -0.3 is 27.4 Å². The number of benzene rings is 2. The van der Waals surface area contributed by atoms with Crippen molar-refractivity contribution in [1.29, 1.82) is 0 Å². The Labute approximate surface area is 282 Å². The van der Waals surface area contributed by atoms with Gasteiger partial charge in [-0.2, -0.15) is 26.2 Å². The SMILES string of the molecule is CC(C)c1cccc(C(C)C)c1[NH-].CC(C)c1cccc(C(C)C)c1[NH-].CCNCC.CC[N-]CC.CC[N-]CC.[Zr+4]. The molecule has 0 bridgehead atoms. The van der Waals surface area contributed by atoms with Gasteiger partial charge in [-0.3, -0.25) is 0 Å². The third kappa shape index (κ3) is 23.3. The van der Waals surface area contributed by atoms with Gasteiger partial charge >= 0.3 is 26.2 Å². The normalized spacial score (nSPS) is 9.95. The Morgan fingerprint density at radius 3 is 0.810 bits per heavy atom. The molecule has 6 heteroatoms. The van der Waals surface area contributed by atoms with Gasteiger partial charge in [0.2, 0.25) is 0 Å². The van der Waals surface area contributed by atoms with Crippen LogP contribution in [0.4, 0.5) is 11.4 Å². The van der Waals surface area contributed by atoms with E-state index in [0.717, 1.165) is 72.9 Å². The fourth-order valence-electron chi connectivity index (χ4n) is 3.80. The maximum Gasteiger partial charge on any atom is 4.00 e. The second kappa shape index (κ2) is 31.2. The zero-order chi connectivity index (χ0) is 32.4. The molecule has 0 spiro atoms. The van der Waals surface area contributed by atoms with Crippen LogP contribution in [0.2, 0.25) is 0 Å². The summed E-state index contributed by atoms with van der Waals surface area (Å²) in [5.41, 5.74) is 22.1. The van der Waals surface area contributed by atoms with Crippen LogP contribution in [0.3, 0.4) is 0 Å². The van der Waals surface area contributed by atoms with Crippen LogP contribution in [0.5, 0.6) is 0 Å². The first-order chi connectivity index (χ1) is 19.3. The molecule has 0 unspecified atom stereocenters. The van der Waals surface area contributed by atoms with Crippen molar-refractivity contribution in [3.63, 3.8) is 0 Å². The molecule has 0 aliphatic heterocycles. The molecule has 2 aromatic carbocycles. The van der Waals surface area contributed by atoms with Crippen molar-refractivity contribution in [3.05, 3.63) is 80.8 Å². The van der Waals surface area contributed by atoms with Crippen molar-refractivity contribution in [2.75, 3.05) is 39.3 Å². The number of nitrogens with one attached hydrogen (secondary N) is 3. The number of hydrogen-bond acceptors (Lipinski definition) is 1. The number of hydrogen-bond donors (Lipinski definition) is 1. The first-order valence-electron chi connectivity index (χ1n) is 16.0. The van der Waals surface area contributed by atoms with Crippen LogP contribution in [0.25, 0.3) is 22.1 Å². The quantitative estimate of drug-likeness (QED) is 0.270. The predicted molar refractivity (Wildman–Crippen MR) is 190 cm³/mol. The van der Waals surface area contributed by atoms with Gasteiger partial charge in [0.25, 0.3) is 0 Å². The van der Waals surface area contributed by atoms with Gasteiger partial charge in [0.05, 0.1) is 0 Å². The molecule has 0 radical (unpaired) electrons. The van der Waals surface area contributed by atoms with Gasteiger partial charge in [0.15, 0.2) is 0 Å². The van der Waals surface area contributed by atoms with Gasteiger partial charge in [-0.1, -0.05) is 156 Å². The molecule has 0 amide bonds. The van der Waals surface area contributed by atoms with E-state index < -0.39 is 0 Å². The first-order valence-corrected chi connectivity index (χ1v) is 16.0. The molecule has 3 N–H and O–H groups in total. The topological polar surface area (TPSA) is 87.8 Å². The van der Waals surface area contributed by atoms with Gasteiger partial charge in [-0.15, -0.1) is 11.4 Å². The summed E-state index contributed by atoms with van der Waals surface area (Å²) >= 11 is 0. The Morgan fingerprint density at radius 2 is 0.714 bits per heavy atom. The summed E-state index contributed by atoms with van der Waals surface area (Å²) < 4.78 is 0. The Balaban J connectivity index is -0.000000232. The molecule has 0 aliphatic carbocycles. The molecule has 0 aliphatic rings. The fraction of sp³-hybridized carbons (Fsp3) is 0.667. The number of rotatable bonds is 10. The fourth-order valence-corrected chi connectivity index (χ4v) is 3.80. The Hall–Kier alpha value is -1.20. The smallest absolute Gasteiger partial charge is 0.698 e. The molecular formula is C36H67N5Zr. The zero-order valence-electron chi connectivity index (χ0n) is 29.9. The first kappa shape index (κ1) is 47.7. The van der Waals surface area contributed by atoms with E-state index in [4.69, 9.17) is 11.5 Å². The van der Waals surface area contributed by atoms with Crippen LogP contribution in [0.15, 0.2) is 36.4 Å². The van der Waals surface area contributed by atoms with E-state index >= 15 is 0 Å². The summed E-state index contributed by atoms with van der Waals surface area (Å²) in [7, 11) is 0. The second-order valence-electron chi connectivity index (χ2n) is 10.9. The van der Waals surface area contributed by atoms with Crippen LogP contribution in [-0.2, 0) is 26.2 Å². The summed E-state index contributed by atoms with van der Waals surface area (Å²) in [6.45, 7) is 35.5. The predicted octanol–water partition coefficient (Wildman–Crippen LogP) is 12.6. The van der Waals surface area contributed by atoms with Gasteiger partial charge in [0, 0.05) is 0 Å². The maximum absolute atomic E-state index is 8.01. The van der Waals surface area contributed by atoms with E-state index in [-0.39, 0.29) is 26.2 Å². The molecule has 0 heterocycles. The average Bonchev–Trinajstić information content (AvgIpc) is 2.91. The Morgan fingerprint density at radius 1 is 0.500 bits per heavy atom. The minimum atomic E-state index is 0. The molecule has 0 atom stereocenters. The van der Waals surface area contributed by atoms with Crippen LogP contribution in [-0.4, -0.2) is 39.3 Å². The summed E-state index contributed by atoms with van der Waals surface area (Å²) in [4.78, 5) is 0. The third-order valence-corrected chi connectivity index (χ3v) is 6.14. The van der Waals surface area contributed by atoms with Crippen LogP contribution >= 0.6 is 0 Å². The monoisotopic (exact) mass is 659 g/mol. The van der Waals surface area contributed by atoms with Crippen molar-refractivity contribution in [3.8, 4) is 0 Å². The van der Waals surface area contributed by atoms with Crippen LogP contribution < -0.4 is 5.32 Å². The second-order valence-corrected chi connectivity index (χ2v) is 10.9. The van der Waals surface area contributed by atoms with E-state index in [2.05, 4.69) is 122 Å². The molecule has 0 fully saturated rings. The molecular weight excluding hydrogens is 594 g/mol. The van der Waals surface area contributed by atoms with Gasteiger partial charge in [0.1, 0.15) is 0 Å². The molecule has 0 aromatic heterocycles. The molecule has 2 rings (SSSR count). The standard InChI is InChI=1S/2C12H18N.C4H11N.2C4H10N.Zr/c2*1-8(2)10-6-5-7-11(9(3)4)12(10)13;3*1-3-5-4-2;/h2*5-9,13H,1-4H3;5H,3-4H2,1-2H3;2*3-4H2,1-2H3;/q2*-1;;2*-1;+4. The number of nitrogens with zero attached hydrogens (tertiary/aromatic N) is 2.